The van der Waals surface area contributed by atoms with E-state index >= 15 is 0 Å². The van der Waals surface area contributed by atoms with Gasteiger partial charge in [-0.25, -0.2) is 0 Å². The maximum atomic E-state index is 12.6. The van der Waals surface area contributed by atoms with Crippen LogP contribution >= 0.6 is 31.9 Å². The van der Waals surface area contributed by atoms with Crippen molar-refractivity contribution in [3.63, 3.8) is 0 Å². The summed E-state index contributed by atoms with van der Waals surface area (Å²) in [5.74, 6) is -0.829. The summed E-state index contributed by atoms with van der Waals surface area (Å²) in [6.45, 7) is 0.554. The Morgan fingerprint density at radius 1 is 0.828 bits per heavy atom. The van der Waals surface area contributed by atoms with E-state index in [2.05, 4.69) is 37.2 Å². The average Bonchev–Trinajstić information content (AvgIpc) is 2.67. The Bertz CT molecular complexity index is 1020. The predicted molar refractivity (Wildman–Crippen MR) is 115 cm³/mol. The summed E-state index contributed by atoms with van der Waals surface area (Å²) < 4.78 is 13.9. The number of hydrogen-bond acceptors (Lipinski definition) is 5. The van der Waals surface area contributed by atoms with Gasteiger partial charge in [0.2, 0.25) is 5.82 Å². The molecule has 0 radical (unpaired) electrons. The molecule has 0 aromatic heterocycles. The topological polar surface area (TPSA) is 98.3 Å². The Balaban J connectivity index is 0.000000234. The molecule has 0 heterocycles. The summed E-state index contributed by atoms with van der Waals surface area (Å²) >= 11 is 6.29. The van der Waals surface area contributed by atoms with Crippen LogP contribution in [0.25, 0.3) is 0 Å². The SMILES string of the molecule is O=[N+]([O-])c1ccc(Br)cc1F.O=[N+]([O-])c1ccc(Br)cc1NCc1ccccc1. The minimum atomic E-state index is -0.829. The molecular formula is C19H14Br2FN3O4. The van der Waals surface area contributed by atoms with Gasteiger partial charge in [0, 0.05) is 27.6 Å². The lowest BCUT2D eigenvalue weighted by atomic mass is 10.2. The zero-order valence-electron chi connectivity index (χ0n) is 14.7. The summed E-state index contributed by atoms with van der Waals surface area (Å²) in [6, 6.07) is 18.2. The molecule has 0 amide bonds. The Kier molecular flexibility index (Phi) is 8.22. The van der Waals surface area contributed by atoms with Gasteiger partial charge in [-0.1, -0.05) is 62.2 Å². The second kappa shape index (κ2) is 10.6. The van der Waals surface area contributed by atoms with Gasteiger partial charge in [0.1, 0.15) is 5.69 Å². The lowest BCUT2D eigenvalue weighted by Gasteiger charge is -2.07. The van der Waals surface area contributed by atoms with Gasteiger partial charge < -0.3 is 5.32 Å². The van der Waals surface area contributed by atoms with Crippen LogP contribution in [-0.2, 0) is 6.54 Å². The molecule has 10 heteroatoms. The summed E-state index contributed by atoms with van der Waals surface area (Å²) in [4.78, 5) is 19.8. The second-order valence-electron chi connectivity index (χ2n) is 5.61. The van der Waals surface area contributed by atoms with Crippen molar-refractivity contribution < 1.29 is 14.2 Å². The highest BCUT2D eigenvalue weighted by molar-refractivity contribution is 9.10. The third-order valence-corrected chi connectivity index (χ3v) is 4.57. The third-order valence-electron chi connectivity index (χ3n) is 3.59. The van der Waals surface area contributed by atoms with Crippen LogP contribution in [0.1, 0.15) is 5.56 Å². The van der Waals surface area contributed by atoms with E-state index in [4.69, 9.17) is 0 Å². The monoisotopic (exact) mass is 525 g/mol. The fourth-order valence-corrected chi connectivity index (χ4v) is 2.93. The Morgan fingerprint density at radius 3 is 1.93 bits per heavy atom. The molecule has 150 valence electrons. The fourth-order valence-electron chi connectivity index (χ4n) is 2.23. The first kappa shape index (κ1) is 22.4. The largest absolute Gasteiger partial charge is 0.375 e. The molecule has 3 rings (SSSR count). The van der Waals surface area contributed by atoms with Crippen molar-refractivity contribution in [1.29, 1.82) is 0 Å². The first-order valence-corrected chi connectivity index (χ1v) is 9.67. The Morgan fingerprint density at radius 2 is 1.38 bits per heavy atom. The molecule has 0 saturated heterocycles. The van der Waals surface area contributed by atoms with E-state index in [1.54, 1.807) is 12.1 Å². The van der Waals surface area contributed by atoms with E-state index < -0.39 is 16.4 Å². The zero-order chi connectivity index (χ0) is 21.4. The first-order valence-electron chi connectivity index (χ1n) is 8.09. The minimum absolute atomic E-state index is 0.0779. The minimum Gasteiger partial charge on any atom is -0.375 e. The smallest absolute Gasteiger partial charge is 0.304 e. The van der Waals surface area contributed by atoms with Crippen LogP contribution < -0.4 is 5.32 Å². The van der Waals surface area contributed by atoms with Gasteiger partial charge in [-0.05, 0) is 29.8 Å². The summed E-state index contributed by atoms with van der Waals surface area (Å²) in [6.07, 6.45) is 0. The zero-order valence-corrected chi connectivity index (χ0v) is 17.9. The molecule has 29 heavy (non-hydrogen) atoms. The summed E-state index contributed by atoms with van der Waals surface area (Å²) in [7, 11) is 0. The molecule has 7 nitrogen and oxygen atoms in total. The van der Waals surface area contributed by atoms with Crippen LogP contribution in [-0.4, -0.2) is 9.85 Å². The number of nitrogens with one attached hydrogen (secondary N) is 1. The second-order valence-corrected chi connectivity index (χ2v) is 7.44. The molecule has 0 aliphatic heterocycles. The molecule has 0 fully saturated rings. The number of nitrogens with zero attached hydrogens (tertiary/aromatic N) is 2. The molecule has 0 atom stereocenters. The molecule has 3 aromatic carbocycles. The maximum Gasteiger partial charge on any atom is 0.304 e. The van der Waals surface area contributed by atoms with E-state index in [1.807, 2.05) is 30.3 Å². The van der Waals surface area contributed by atoms with Crippen molar-refractivity contribution in [3.05, 3.63) is 107 Å². The van der Waals surface area contributed by atoms with E-state index in [0.29, 0.717) is 16.7 Å². The number of hydrogen-bond donors (Lipinski definition) is 1. The summed E-state index contributed by atoms with van der Waals surface area (Å²) in [5.41, 5.74) is 1.16. The highest BCUT2D eigenvalue weighted by atomic mass is 79.9. The van der Waals surface area contributed by atoms with Crippen LogP contribution in [0.5, 0.6) is 0 Å². The molecule has 0 bridgehead atoms. The highest BCUT2D eigenvalue weighted by Gasteiger charge is 2.13. The standard InChI is InChI=1S/C13H11BrN2O2.C6H3BrFNO2/c14-11-6-7-13(16(17)18)12(8-11)15-9-10-4-2-1-3-5-10;7-4-1-2-6(9(10)11)5(8)3-4/h1-8,15H,9H2;1-3H. The van der Waals surface area contributed by atoms with Gasteiger partial charge in [-0.3, -0.25) is 20.2 Å². The molecule has 0 aliphatic carbocycles. The fraction of sp³-hybridized carbons (Fsp3) is 0.0526. The van der Waals surface area contributed by atoms with E-state index in [1.165, 1.54) is 12.1 Å². The van der Waals surface area contributed by atoms with E-state index in [0.717, 1.165) is 22.2 Å². The first-order chi connectivity index (χ1) is 13.8. The van der Waals surface area contributed by atoms with Gasteiger partial charge in [0.05, 0.1) is 9.85 Å². The lowest BCUT2D eigenvalue weighted by Crippen LogP contribution is -2.02. The average molecular weight is 527 g/mol. The van der Waals surface area contributed by atoms with Crippen LogP contribution in [0.15, 0.2) is 75.7 Å². The Labute approximate surface area is 182 Å². The van der Waals surface area contributed by atoms with Crippen molar-refractivity contribution in [3.8, 4) is 0 Å². The van der Waals surface area contributed by atoms with Crippen molar-refractivity contribution >= 4 is 48.9 Å². The molecular weight excluding hydrogens is 513 g/mol. The van der Waals surface area contributed by atoms with Crippen LogP contribution in [0.4, 0.5) is 21.5 Å². The summed E-state index contributed by atoms with van der Waals surface area (Å²) in [5, 5.41) is 24.1. The van der Waals surface area contributed by atoms with Crippen molar-refractivity contribution in [1.82, 2.24) is 0 Å². The number of anilines is 1. The lowest BCUT2D eigenvalue weighted by molar-refractivity contribution is -0.387. The van der Waals surface area contributed by atoms with Crippen molar-refractivity contribution in [2.45, 2.75) is 6.54 Å². The number of nitro benzene ring substituents is 2. The van der Waals surface area contributed by atoms with Crippen molar-refractivity contribution in [2.75, 3.05) is 5.32 Å². The quantitative estimate of drug-likeness (QED) is 0.303. The van der Waals surface area contributed by atoms with Gasteiger partial charge in [-0.15, -0.1) is 0 Å². The molecule has 3 aromatic rings. The van der Waals surface area contributed by atoms with Crippen LogP contribution in [0, 0.1) is 26.0 Å². The van der Waals surface area contributed by atoms with Crippen LogP contribution in [0.3, 0.4) is 0 Å². The number of rotatable bonds is 5. The van der Waals surface area contributed by atoms with E-state index in [9.17, 15) is 24.6 Å². The van der Waals surface area contributed by atoms with Gasteiger partial charge in [0.25, 0.3) is 5.69 Å². The number of nitro groups is 2. The highest BCUT2D eigenvalue weighted by Crippen LogP contribution is 2.28. The molecule has 0 saturated carbocycles. The van der Waals surface area contributed by atoms with Gasteiger partial charge in [-0.2, -0.15) is 4.39 Å². The normalized spacial score (nSPS) is 9.90. The maximum absolute atomic E-state index is 12.6. The number of halogens is 3. The van der Waals surface area contributed by atoms with Gasteiger partial charge >= 0.3 is 5.69 Å². The Hall–Kier alpha value is -2.85. The predicted octanol–water partition coefficient (Wildman–Crippen LogP) is 6.47. The molecule has 0 unspecified atom stereocenters. The third kappa shape index (κ3) is 6.91. The van der Waals surface area contributed by atoms with Crippen molar-refractivity contribution in [2.24, 2.45) is 0 Å². The number of benzene rings is 3. The molecule has 0 spiro atoms. The van der Waals surface area contributed by atoms with E-state index in [-0.39, 0.29) is 10.6 Å². The van der Waals surface area contributed by atoms with Crippen LogP contribution in [0.2, 0.25) is 0 Å². The van der Waals surface area contributed by atoms with Gasteiger partial charge in [0.15, 0.2) is 0 Å². The molecule has 0 aliphatic rings. The molecule has 1 N–H and O–H groups in total.